The van der Waals surface area contributed by atoms with Crippen molar-refractivity contribution in [3.8, 4) is 0 Å². The van der Waals surface area contributed by atoms with E-state index in [1.165, 1.54) is 0 Å². The normalized spacial score (nSPS) is 24.0. The minimum Gasteiger partial charge on any atom is -0.507 e. The quantitative estimate of drug-likeness (QED) is 0.664. The van der Waals surface area contributed by atoms with Gasteiger partial charge in [0, 0.05) is 12.0 Å². The van der Waals surface area contributed by atoms with Gasteiger partial charge in [0.1, 0.15) is 5.76 Å². The topological polar surface area (TPSA) is 37.3 Å². The van der Waals surface area contributed by atoms with Crippen molar-refractivity contribution in [2.24, 2.45) is 0 Å². The highest BCUT2D eigenvalue weighted by Gasteiger charge is 2.13. The van der Waals surface area contributed by atoms with Gasteiger partial charge in [0.05, 0.1) is 0 Å². The minimum atomic E-state index is 0.139. The number of hydrogen-bond acceptors (Lipinski definition) is 2. The molecular formula is C13H14O2. The number of hydrogen-bond donors (Lipinski definition) is 1. The monoisotopic (exact) mass is 202 g/mol. The first-order valence-corrected chi connectivity index (χ1v) is 5.27. The Labute approximate surface area is 89.3 Å². The van der Waals surface area contributed by atoms with Gasteiger partial charge in [-0.15, -0.1) is 0 Å². The largest absolute Gasteiger partial charge is 0.507 e. The van der Waals surface area contributed by atoms with Crippen molar-refractivity contribution in [1.82, 2.24) is 0 Å². The van der Waals surface area contributed by atoms with E-state index < -0.39 is 0 Å². The summed E-state index contributed by atoms with van der Waals surface area (Å²) in [6.07, 6.45) is 12.5. The second-order valence-corrected chi connectivity index (χ2v) is 3.81. The predicted molar refractivity (Wildman–Crippen MR) is 59.5 cm³/mol. The molecule has 78 valence electrons. The van der Waals surface area contributed by atoms with Crippen molar-refractivity contribution in [2.75, 3.05) is 0 Å². The molecule has 2 heteroatoms. The zero-order valence-corrected chi connectivity index (χ0v) is 8.57. The molecule has 2 aliphatic carbocycles. The Morgan fingerprint density at radius 3 is 2.60 bits per heavy atom. The molecule has 0 amide bonds. The highest BCUT2D eigenvalue weighted by Crippen LogP contribution is 2.24. The van der Waals surface area contributed by atoms with Crippen LogP contribution in [0.3, 0.4) is 0 Å². The summed E-state index contributed by atoms with van der Waals surface area (Å²) in [4.78, 5) is 11.0. The van der Waals surface area contributed by atoms with Crippen LogP contribution in [0.15, 0.2) is 47.3 Å². The fourth-order valence-corrected chi connectivity index (χ4v) is 1.79. The molecule has 0 unspecified atom stereocenters. The lowest BCUT2D eigenvalue weighted by molar-refractivity contribution is -0.114. The molecule has 2 nitrogen and oxygen atoms in total. The smallest absolute Gasteiger partial charge is 0.156 e. The Morgan fingerprint density at radius 1 is 1.13 bits per heavy atom. The Kier molecular flexibility index (Phi) is 2.86. The summed E-state index contributed by atoms with van der Waals surface area (Å²) in [6, 6.07) is 0. The lowest BCUT2D eigenvalue weighted by atomic mass is 9.95. The third kappa shape index (κ3) is 2.27. The summed E-state index contributed by atoms with van der Waals surface area (Å²) < 4.78 is 0. The van der Waals surface area contributed by atoms with Crippen LogP contribution in [-0.4, -0.2) is 10.9 Å². The first-order chi connectivity index (χ1) is 7.27. The molecule has 0 aliphatic heterocycles. The van der Waals surface area contributed by atoms with Crippen LogP contribution in [0, 0.1) is 0 Å². The van der Waals surface area contributed by atoms with E-state index in [1.54, 1.807) is 12.2 Å². The second-order valence-electron chi connectivity index (χ2n) is 3.81. The molecule has 0 heterocycles. The maximum Gasteiger partial charge on any atom is 0.156 e. The van der Waals surface area contributed by atoms with Gasteiger partial charge in [-0.3, -0.25) is 4.79 Å². The van der Waals surface area contributed by atoms with Gasteiger partial charge in [-0.1, -0.05) is 24.3 Å². The van der Waals surface area contributed by atoms with Gasteiger partial charge in [-0.05, 0) is 30.9 Å². The van der Waals surface area contributed by atoms with E-state index in [2.05, 4.69) is 6.08 Å². The first kappa shape index (κ1) is 9.97. The molecule has 1 N–H and O–H groups in total. The number of carbonyl (C=O) groups excluding carboxylic acids is 1. The molecule has 0 spiro atoms. The lowest BCUT2D eigenvalue weighted by Gasteiger charge is -2.12. The number of carbonyl (C=O) groups is 1. The number of ketones is 1. The molecule has 0 saturated carbocycles. The molecule has 0 radical (unpaired) electrons. The summed E-state index contributed by atoms with van der Waals surface area (Å²) in [6.45, 7) is 0. The van der Waals surface area contributed by atoms with E-state index in [1.807, 2.05) is 12.2 Å². The van der Waals surface area contributed by atoms with Crippen molar-refractivity contribution in [1.29, 1.82) is 0 Å². The van der Waals surface area contributed by atoms with E-state index in [4.69, 9.17) is 0 Å². The number of aliphatic hydroxyl groups excluding tert-OH is 1. The van der Waals surface area contributed by atoms with Gasteiger partial charge in [0.15, 0.2) is 5.78 Å². The average molecular weight is 202 g/mol. The maximum atomic E-state index is 11.0. The van der Waals surface area contributed by atoms with Crippen LogP contribution in [0.1, 0.15) is 25.7 Å². The van der Waals surface area contributed by atoms with Crippen molar-refractivity contribution in [2.45, 2.75) is 25.7 Å². The SMILES string of the molecule is O=C1C=C/C(=C(/O)C2=CCCC=C2)CC1. The molecular weight excluding hydrogens is 188 g/mol. The van der Waals surface area contributed by atoms with Crippen LogP contribution >= 0.6 is 0 Å². The van der Waals surface area contributed by atoms with E-state index in [-0.39, 0.29) is 5.78 Å². The third-order valence-electron chi connectivity index (χ3n) is 2.68. The predicted octanol–water partition coefficient (Wildman–Crippen LogP) is 2.99. The molecule has 0 bridgehead atoms. The fraction of sp³-hybridized carbons (Fsp3) is 0.308. The fourth-order valence-electron chi connectivity index (χ4n) is 1.79. The second kappa shape index (κ2) is 4.30. The lowest BCUT2D eigenvalue weighted by Crippen LogP contribution is -2.03. The highest BCUT2D eigenvalue weighted by molar-refractivity contribution is 5.91. The Morgan fingerprint density at radius 2 is 2.00 bits per heavy atom. The van der Waals surface area contributed by atoms with Gasteiger partial charge in [-0.25, -0.2) is 0 Å². The summed E-state index contributed by atoms with van der Waals surface area (Å²) in [5.74, 6) is 0.467. The van der Waals surface area contributed by atoms with E-state index in [9.17, 15) is 9.90 Å². The summed E-state index contributed by atoms with van der Waals surface area (Å²) >= 11 is 0. The van der Waals surface area contributed by atoms with Crippen molar-refractivity contribution in [3.63, 3.8) is 0 Å². The van der Waals surface area contributed by atoms with Crippen LogP contribution in [0.5, 0.6) is 0 Å². The minimum absolute atomic E-state index is 0.139. The average Bonchev–Trinajstić information content (AvgIpc) is 2.30. The van der Waals surface area contributed by atoms with Crippen LogP contribution in [0.4, 0.5) is 0 Å². The third-order valence-corrected chi connectivity index (χ3v) is 2.68. The molecule has 0 saturated heterocycles. The summed E-state index contributed by atoms with van der Waals surface area (Å²) in [7, 11) is 0. The molecule has 0 aromatic rings. The van der Waals surface area contributed by atoms with Crippen molar-refractivity contribution in [3.05, 3.63) is 47.3 Å². The molecule has 0 aromatic heterocycles. The standard InChI is InChI=1S/C13H14O2/c14-12-8-6-11(7-9-12)13(15)10-4-2-1-3-5-10/h2,4-6,8,15H,1,3,7,9H2/b13-11-. The summed E-state index contributed by atoms with van der Waals surface area (Å²) in [5, 5.41) is 9.98. The van der Waals surface area contributed by atoms with Crippen LogP contribution in [-0.2, 0) is 4.79 Å². The van der Waals surface area contributed by atoms with E-state index in [0.717, 1.165) is 24.0 Å². The number of allylic oxidation sites excluding steroid dienone is 6. The summed E-state index contributed by atoms with van der Waals surface area (Å²) in [5.41, 5.74) is 1.75. The van der Waals surface area contributed by atoms with Crippen LogP contribution in [0.25, 0.3) is 0 Å². The van der Waals surface area contributed by atoms with Crippen LogP contribution < -0.4 is 0 Å². The Bertz CT molecular complexity index is 395. The van der Waals surface area contributed by atoms with E-state index in [0.29, 0.717) is 18.6 Å². The molecule has 0 fully saturated rings. The van der Waals surface area contributed by atoms with Crippen molar-refractivity contribution < 1.29 is 9.90 Å². The zero-order chi connectivity index (χ0) is 10.7. The molecule has 2 rings (SSSR count). The number of rotatable bonds is 1. The van der Waals surface area contributed by atoms with E-state index >= 15 is 0 Å². The van der Waals surface area contributed by atoms with Gasteiger partial charge < -0.3 is 5.11 Å². The Balaban J connectivity index is 2.25. The van der Waals surface area contributed by atoms with Gasteiger partial charge in [0.25, 0.3) is 0 Å². The highest BCUT2D eigenvalue weighted by atomic mass is 16.3. The zero-order valence-electron chi connectivity index (χ0n) is 8.57. The van der Waals surface area contributed by atoms with Crippen molar-refractivity contribution >= 4 is 5.78 Å². The number of aliphatic hydroxyl groups is 1. The van der Waals surface area contributed by atoms with Gasteiger partial charge in [0.2, 0.25) is 0 Å². The molecule has 0 aromatic carbocycles. The van der Waals surface area contributed by atoms with Gasteiger partial charge >= 0.3 is 0 Å². The van der Waals surface area contributed by atoms with Gasteiger partial charge in [-0.2, -0.15) is 0 Å². The molecule has 2 aliphatic rings. The molecule has 15 heavy (non-hydrogen) atoms. The maximum absolute atomic E-state index is 11.0. The van der Waals surface area contributed by atoms with Crippen LogP contribution in [0.2, 0.25) is 0 Å². The molecule has 0 atom stereocenters. The Hall–Kier alpha value is -1.57. The first-order valence-electron chi connectivity index (χ1n) is 5.27.